The summed E-state index contributed by atoms with van der Waals surface area (Å²) in [5, 5.41) is 25.5. The van der Waals surface area contributed by atoms with Crippen molar-refractivity contribution in [1.82, 2.24) is 0 Å². The van der Waals surface area contributed by atoms with Crippen molar-refractivity contribution in [2.45, 2.75) is 25.2 Å². The van der Waals surface area contributed by atoms with E-state index in [1.807, 2.05) is 6.92 Å². The van der Waals surface area contributed by atoms with Crippen molar-refractivity contribution in [1.29, 1.82) is 0 Å². The van der Waals surface area contributed by atoms with E-state index in [1.165, 1.54) is 24.3 Å². The molecular weight excluding hydrogens is 588 g/mol. The molecule has 0 unspecified atom stereocenters. The number of nitrogens with one attached hydrogen (secondary N) is 1. The molecule has 0 atom stereocenters. The van der Waals surface area contributed by atoms with Crippen LogP contribution in [0.5, 0.6) is 11.5 Å². The average Bonchev–Trinajstić information content (AvgIpc) is 2.86. The first-order valence-corrected chi connectivity index (χ1v) is 13.9. The molecule has 2 N–H and O–H groups in total. The number of ether oxygens (including phenoxy) is 1. The molecule has 202 valence electrons. The predicted octanol–water partition coefficient (Wildman–Crippen LogP) is 4.10. The Labute approximate surface area is 263 Å². The second kappa shape index (κ2) is 13.3. The maximum atomic E-state index is 13.4. The number of halogens is 2. The van der Waals surface area contributed by atoms with Gasteiger partial charge in [-0.05, 0) is 54.6 Å². The summed E-state index contributed by atoms with van der Waals surface area (Å²) in [5.74, 6) is -0.889. The molecule has 13 heteroatoms. The van der Waals surface area contributed by atoms with E-state index in [0.717, 1.165) is 0 Å². The molecule has 0 heterocycles. The fourth-order valence-electron chi connectivity index (χ4n) is 4.01. The Hall–Kier alpha value is -2.70. The molecule has 0 aliphatic heterocycles. The van der Waals surface area contributed by atoms with Gasteiger partial charge in [0.15, 0.2) is 0 Å². The summed E-state index contributed by atoms with van der Waals surface area (Å²) in [5.41, 5.74) is 0.464. The van der Waals surface area contributed by atoms with Gasteiger partial charge in [-0.1, -0.05) is 60.1 Å². The molecule has 4 rings (SSSR count). The minimum absolute atomic E-state index is 0. The SMILES string of the molecule is CCOc1cc(Cl)cc(NC(=O)c2cc3ccccc3c(N=Nc3cc(Cl)c(S(=O)(=O)O)c(CC)c3)c2[O-])c1.[Na+]. The predicted molar refractivity (Wildman–Crippen MR) is 149 cm³/mol. The molecule has 0 bridgehead atoms. The number of aryl methyl sites for hydroxylation is 1. The minimum atomic E-state index is -4.56. The normalized spacial score (nSPS) is 11.4. The first-order chi connectivity index (χ1) is 18.5. The molecule has 0 fully saturated rings. The van der Waals surface area contributed by atoms with Crippen molar-refractivity contribution in [2.24, 2.45) is 10.2 Å². The van der Waals surface area contributed by atoms with E-state index in [-0.39, 0.29) is 63.5 Å². The number of amides is 1. The third-order valence-electron chi connectivity index (χ3n) is 5.67. The molecule has 0 radical (unpaired) electrons. The van der Waals surface area contributed by atoms with Gasteiger partial charge >= 0.3 is 29.6 Å². The quantitative estimate of drug-likeness (QED) is 0.175. The number of carbonyl (C=O) groups excluding carboxylic acids is 1. The Balaban J connectivity index is 0.00000441. The summed E-state index contributed by atoms with van der Waals surface area (Å²) < 4.78 is 38.5. The van der Waals surface area contributed by atoms with E-state index in [2.05, 4.69) is 15.5 Å². The zero-order valence-electron chi connectivity index (χ0n) is 21.7. The van der Waals surface area contributed by atoms with Crippen LogP contribution >= 0.6 is 23.2 Å². The zero-order chi connectivity index (χ0) is 28.3. The second-order valence-electron chi connectivity index (χ2n) is 8.33. The standard InChI is InChI=1S/C27H23Cl2N3O6S.Na/c1-3-15-9-19(14-23(29)26(15)39(35,36)37)31-32-24-21-8-6-5-7-16(21)10-22(25(24)33)27(34)30-18-11-17(28)12-20(13-18)38-4-2;/h5-14,33H,3-4H2,1-2H3,(H,30,34)(H,35,36,37);/q;+1/p-1. The van der Waals surface area contributed by atoms with E-state index in [9.17, 15) is 22.9 Å². The first-order valence-electron chi connectivity index (χ1n) is 11.7. The molecule has 1 amide bonds. The van der Waals surface area contributed by atoms with Crippen LogP contribution in [0.3, 0.4) is 0 Å². The van der Waals surface area contributed by atoms with Crippen LogP contribution in [0.25, 0.3) is 10.8 Å². The van der Waals surface area contributed by atoms with Crippen molar-refractivity contribution in [2.75, 3.05) is 11.9 Å². The number of hydrogen-bond acceptors (Lipinski definition) is 7. The molecule has 4 aromatic rings. The summed E-state index contributed by atoms with van der Waals surface area (Å²) in [4.78, 5) is 12.8. The molecule has 9 nitrogen and oxygen atoms in total. The molecule has 0 aliphatic carbocycles. The van der Waals surface area contributed by atoms with Crippen LogP contribution in [0.4, 0.5) is 17.1 Å². The van der Waals surface area contributed by atoms with Crippen molar-refractivity contribution in [3.8, 4) is 11.5 Å². The number of benzene rings is 4. The number of hydrogen-bond donors (Lipinski definition) is 2. The number of nitrogens with zero attached hydrogens (tertiary/aromatic N) is 2. The zero-order valence-corrected chi connectivity index (χ0v) is 26.1. The minimum Gasteiger partial charge on any atom is -0.870 e. The Bertz CT molecular complexity index is 1730. The molecule has 0 aliphatic rings. The van der Waals surface area contributed by atoms with Crippen LogP contribution < -0.4 is 44.7 Å². The van der Waals surface area contributed by atoms with Crippen molar-refractivity contribution in [3.05, 3.63) is 81.8 Å². The molecular formula is C27H22Cl2N3NaO6S. The fourth-order valence-corrected chi connectivity index (χ4v) is 5.60. The van der Waals surface area contributed by atoms with Gasteiger partial charge in [-0.15, -0.1) is 0 Å². The number of azo groups is 1. The van der Waals surface area contributed by atoms with Gasteiger partial charge in [0.2, 0.25) is 0 Å². The first kappa shape index (κ1) is 31.8. The second-order valence-corrected chi connectivity index (χ2v) is 10.5. The summed E-state index contributed by atoms with van der Waals surface area (Å²) in [6.45, 7) is 3.90. The van der Waals surface area contributed by atoms with Gasteiger partial charge in [0, 0.05) is 27.7 Å². The van der Waals surface area contributed by atoms with Crippen LogP contribution in [0.2, 0.25) is 10.0 Å². The average molecular weight is 610 g/mol. The topological polar surface area (TPSA) is 140 Å². The van der Waals surface area contributed by atoms with Gasteiger partial charge in [-0.3, -0.25) is 9.35 Å². The molecule has 0 aromatic heterocycles. The monoisotopic (exact) mass is 609 g/mol. The number of anilines is 1. The van der Waals surface area contributed by atoms with E-state index >= 15 is 0 Å². The smallest absolute Gasteiger partial charge is 0.870 e. The van der Waals surface area contributed by atoms with Gasteiger partial charge in [0.05, 0.1) is 23.0 Å². The molecule has 0 spiro atoms. The number of carbonyl (C=O) groups is 1. The van der Waals surface area contributed by atoms with E-state index < -0.39 is 26.7 Å². The number of rotatable bonds is 8. The van der Waals surface area contributed by atoms with E-state index in [1.54, 1.807) is 43.3 Å². The van der Waals surface area contributed by atoms with Crippen LogP contribution in [-0.2, 0) is 16.5 Å². The van der Waals surface area contributed by atoms with Crippen molar-refractivity contribution >= 4 is 67.1 Å². The number of fused-ring (bicyclic) bond motifs is 1. The molecule has 0 saturated carbocycles. The Morgan fingerprint density at radius 2 is 1.77 bits per heavy atom. The third-order valence-corrected chi connectivity index (χ3v) is 7.30. The summed E-state index contributed by atoms with van der Waals surface area (Å²) in [6.07, 6.45) is 0.234. The fraction of sp³-hybridized carbons (Fsp3) is 0.148. The van der Waals surface area contributed by atoms with Gasteiger partial charge < -0.3 is 15.2 Å². The van der Waals surface area contributed by atoms with Gasteiger partial charge in [0.25, 0.3) is 16.0 Å². The third kappa shape index (κ3) is 7.13. The Morgan fingerprint density at radius 1 is 1.05 bits per heavy atom. The maximum absolute atomic E-state index is 13.4. The van der Waals surface area contributed by atoms with Crippen LogP contribution in [0.1, 0.15) is 29.8 Å². The molecule has 4 aromatic carbocycles. The Morgan fingerprint density at radius 3 is 2.45 bits per heavy atom. The van der Waals surface area contributed by atoms with Crippen LogP contribution in [0.15, 0.2) is 75.8 Å². The molecule has 0 saturated heterocycles. The van der Waals surface area contributed by atoms with Crippen molar-refractivity contribution in [3.63, 3.8) is 0 Å². The van der Waals surface area contributed by atoms with E-state index in [0.29, 0.717) is 33.8 Å². The molecule has 40 heavy (non-hydrogen) atoms. The summed E-state index contributed by atoms with van der Waals surface area (Å²) in [7, 11) is -4.56. The summed E-state index contributed by atoms with van der Waals surface area (Å²) >= 11 is 12.3. The van der Waals surface area contributed by atoms with Crippen LogP contribution in [0, 0.1) is 0 Å². The summed E-state index contributed by atoms with van der Waals surface area (Å²) in [6, 6.07) is 15.7. The van der Waals surface area contributed by atoms with Gasteiger partial charge in [0.1, 0.15) is 10.6 Å². The largest absolute Gasteiger partial charge is 1.00 e. The maximum Gasteiger partial charge on any atom is 1.00 e. The van der Waals surface area contributed by atoms with Gasteiger partial charge in [-0.2, -0.15) is 18.6 Å². The van der Waals surface area contributed by atoms with Crippen LogP contribution in [-0.4, -0.2) is 25.5 Å². The van der Waals surface area contributed by atoms with Gasteiger partial charge in [-0.25, -0.2) is 0 Å². The Kier molecular flexibility index (Phi) is 10.6. The van der Waals surface area contributed by atoms with E-state index in [4.69, 9.17) is 27.9 Å². The van der Waals surface area contributed by atoms with Crippen molar-refractivity contribution < 1.29 is 57.2 Å².